The average molecular weight is 445 g/mol. The van der Waals surface area contributed by atoms with Gasteiger partial charge in [-0.25, -0.2) is 4.39 Å². The molecule has 11 heteroatoms. The predicted octanol–water partition coefficient (Wildman–Crippen LogP) is 2.41. The molecular weight excluding hydrogens is 425 g/mol. The van der Waals surface area contributed by atoms with Crippen LogP contribution in [0.5, 0.6) is 0 Å². The minimum absolute atomic E-state index is 0.00547. The molecule has 2 N–H and O–H groups in total. The summed E-state index contributed by atoms with van der Waals surface area (Å²) in [5, 5.41) is 8.98. The van der Waals surface area contributed by atoms with Crippen molar-refractivity contribution in [1.82, 2.24) is 25.6 Å². The molecule has 3 aromatic rings. The number of carbonyl (C=O) groups is 2. The lowest BCUT2D eigenvalue weighted by atomic mass is 10.2. The van der Waals surface area contributed by atoms with Crippen LogP contribution in [-0.2, 0) is 16.1 Å². The first-order valence-electron chi connectivity index (χ1n) is 9.66. The van der Waals surface area contributed by atoms with Crippen LogP contribution in [0.1, 0.15) is 23.4 Å². The fourth-order valence-electron chi connectivity index (χ4n) is 3.13. The van der Waals surface area contributed by atoms with Crippen molar-refractivity contribution in [2.45, 2.75) is 30.6 Å². The van der Waals surface area contributed by atoms with Crippen molar-refractivity contribution in [3.63, 3.8) is 0 Å². The van der Waals surface area contributed by atoms with Crippen LogP contribution in [-0.4, -0.2) is 45.0 Å². The minimum atomic E-state index is -0.552. The summed E-state index contributed by atoms with van der Waals surface area (Å²) < 4.78 is 25.9. The van der Waals surface area contributed by atoms with Crippen LogP contribution in [0.2, 0.25) is 0 Å². The van der Waals surface area contributed by atoms with E-state index in [1.54, 1.807) is 18.2 Å². The Hall–Kier alpha value is -3.18. The number of thioether (sulfide) groups is 1. The maximum atomic E-state index is 13.3. The van der Waals surface area contributed by atoms with Gasteiger partial charge in [-0.05, 0) is 49.2 Å². The van der Waals surface area contributed by atoms with Gasteiger partial charge in [-0.1, -0.05) is 11.8 Å². The molecule has 1 fully saturated rings. The Morgan fingerprint density at radius 1 is 1.19 bits per heavy atom. The Balaban J connectivity index is 1.42. The smallest absolute Gasteiger partial charge is 0.305 e. The van der Waals surface area contributed by atoms with E-state index in [0.717, 1.165) is 12.8 Å². The molecule has 2 amide bonds. The van der Waals surface area contributed by atoms with Crippen LogP contribution in [0.3, 0.4) is 0 Å². The summed E-state index contributed by atoms with van der Waals surface area (Å²) in [4.78, 5) is 24.0. The van der Waals surface area contributed by atoms with E-state index in [-0.39, 0.29) is 23.4 Å². The summed E-state index contributed by atoms with van der Waals surface area (Å²) in [6.07, 6.45) is 3.30. The lowest BCUT2D eigenvalue weighted by molar-refractivity contribution is -0.119. The van der Waals surface area contributed by atoms with Crippen LogP contribution in [0, 0.1) is 5.82 Å². The van der Waals surface area contributed by atoms with Gasteiger partial charge in [0, 0.05) is 12.2 Å². The molecule has 2 aromatic heterocycles. The highest BCUT2D eigenvalue weighted by Gasteiger charge is 2.22. The zero-order valence-corrected chi connectivity index (χ0v) is 17.2. The second-order valence-electron chi connectivity index (χ2n) is 6.83. The van der Waals surface area contributed by atoms with Gasteiger partial charge in [0.05, 0.1) is 24.7 Å². The summed E-state index contributed by atoms with van der Waals surface area (Å²) in [6.45, 7) is 1.23. The SMILES string of the molecule is O=C(CSc1nnc(-c2ccc(F)cc2)n1CC1CCCO1)NNC(=O)c1ccco1. The van der Waals surface area contributed by atoms with Crippen molar-refractivity contribution < 1.29 is 23.1 Å². The van der Waals surface area contributed by atoms with Crippen molar-refractivity contribution in [3.05, 3.63) is 54.2 Å². The number of aromatic nitrogens is 3. The van der Waals surface area contributed by atoms with E-state index in [0.29, 0.717) is 29.7 Å². The minimum Gasteiger partial charge on any atom is -0.459 e. The number of hydrazine groups is 1. The Morgan fingerprint density at radius 2 is 2.03 bits per heavy atom. The number of rotatable bonds is 7. The number of carbonyl (C=O) groups excluding carboxylic acids is 2. The van der Waals surface area contributed by atoms with Gasteiger partial charge >= 0.3 is 5.91 Å². The number of furan rings is 1. The van der Waals surface area contributed by atoms with Crippen LogP contribution in [0.4, 0.5) is 4.39 Å². The second kappa shape index (κ2) is 9.75. The number of ether oxygens (including phenoxy) is 1. The molecule has 3 heterocycles. The standard InChI is InChI=1S/C20H20FN5O4S/c21-14-7-5-13(6-8-14)18-23-25-20(26(18)11-15-3-1-9-29-15)31-12-17(27)22-24-19(28)16-4-2-10-30-16/h2,4-8,10,15H,1,3,9,11-12H2,(H,22,27)(H,24,28). The topological polar surface area (TPSA) is 111 Å². The van der Waals surface area contributed by atoms with Crippen molar-refractivity contribution in [3.8, 4) is 11.4 Å². The van der Waals surface area contributed by atoms with Gasteiger partial charge in [-0.15, -0.1) is 10.2 Å². The Labute approximate surface area is 181 Å². The molecule has 0 spiro atoms. The molecule has 1 atom stereocenters. The third kappa shape index (κ3) is 5.30. The van der Waals surface area contributed by atoms with Gasteiger partial charge in [0.1, 0.15) is 5.82 Å². The molecule has 162 valence electrons. The Kier molecular flexibility index (Phi) is 6.63. The molecular formula is C20H20FN5O4S. The summed E-state index contributed by atoms with van der Waals surface area (Å²) in [6, 6.07) is 9.06. The summed E-state index contributed by atoms with van der Waals surface area (Å²) in [5.41, 5.74) is 5.34. The predicted molar refractivity (Wildman–Crippen MR) is 109 cm³/mol. The largest absolute Gasteiger partial charge is 0.459 e. The third-order valence-electron chi connectivity index (χ3n) is 4.62. The van der Waals surface area contributed by atoms with Crippen molar-refractivity contribution in [2.24, 2.45) is 0 Å². The molecule has 1 aromatic carbocycles. The van der Waals surface area contributed by atoms with Gasteiger partial charge in [-0.2, -0.15) is 0 Å². The highest BCUT2D eigenvalue weighted by Crippen LogP contribution is 2.26. The van der Waals surface area contributed by atoms with Gasteiger partial charge in [0.25, 0.3) is 0 Å². The molecule has 9 nitrogen and oxygen atoms in total. The first-order valence-corrected chi connectivity index (χ1v) is 10.6. The lowest BCUT2D eigenvalue weighted by Gasteiger charge is -2.14. The van der Waals surface area contributed by atoms with E-state index >= 15 is 0 Å². The monoisotopic (exact) mass is 445 g/mol. The first-order chi connectivity index (χ1) is 15.1. The van der Waals surface area contributed by atoms with Crippen LogP contribution >= 0.6 is 11.8 Å². The van der Waals surface area contributed by atoms with Crippen molar-refractivity contribution in [2.75, 3.05) is 12.4 Å². The fraction of sp³-hybridized carbons (Fsp3) is 0.300. The maximum Gasteiger partial charge on any atom is 0.305 e. The molecule has 1 aliphatic heterocycles. The van der Waals surface area contributed by atoms with E-state index in [4.69, 9.17) is 9.15 Å². The highest BCUT2D eigenvalue weighted by atomic mass is 32.2. The van der Waals surface area contributed by atoms with Crippen LogP contribution in [0.25, 0.3) is 11.4 Å². The van der Waals surface area contributed by atoms with E-state index in [1.807, 2.05) is 4.57 Å². The third-order valence-corrected chi connectivity index (χ3v) is 5.59. The van der Waals surface area contributed by atoms with Gasteiger partial charge in [-0.3, -0.25) is 25.0 Å². The maximum absolute atomic E-state index is 13.3. The summed E-state index contributed by atoms with van der Waals surface area (Å²) in [7, 11) is 0. The zero-order chi connectivity index (χ0) is 21.6. The second-order valence-corrected chi connectivity index (χ2v) is 7.77. The molecule has 1 saturated heterocycles. The molecule has 0 saturated carbocycles. The summed E-state index contributed by atoms with van der Waals surface area (Å²) >= 11 is 1.18. The van der Waals surface area contributed by atoms with E-state index in [1.165, 1.54) is 36.2 Å². The van der Waals surface area contributed by atoms with E-state index in [9.17, 15) is 14.0 Å². The van der Waals surface area contributed by atoms with Crippen molar-refractivity contribution in [1.29, 1.82) is 0 Å². The molecule has 0 bridgehead atoms. The molecule has 0 aliphatic carbocycles. The molecule has 1 unspecified atom stereocenters. The van der Waals surface area contributed by atoms with E-state index < -0.39 is 11.8 Å². The Bertz CT molecular complexity index is 1030. The molecule has 31 heavy (non-hydrogen) atoms. The lowest BCUT2D eigenvalue weighted by Crippen LogP contribution is -2.42. The first kappa shape index (κ1) is 21.1. The normalized spacial score (nSPS) is 15.7. The highest BCUT2D eigenvalue weighted by molar-refractivity contribution is 7.99. The quantitative estimate of drug-likeness (QED) is 0.424. The van der Waals surface area contributed by atoms with Crippen LogP contribution in [0.15, 0.2) is 52.2 Å². The van der Waals surface area contributed by atoms with Gasteiger partial charge in [0.2, 0.25) is 5.91 Å². The zero-order valence-electron chi connectivity index (χ0n) is 16.4. The number of hydrogen-bond donors (Lipinski definition) is 2. The van der Waals surface area contributed by atoms with Crippen molar-refractivity contribution >= 4 is 23.6 Å². The number of amides is 2. The number of nitrogens with one attached hydrogen (secondary N) is 2. The summed E-state index contributed by atoms with van der Waals surface area (Å²) in [5.74, 6) is -0.635. The number of nitrogens with zero attached hydrogens (tertiary/aromatic N) is 3. The number of benzene rings is 1. The van der Waals surface area contributed by atoms with Crippen LogP contribution < -0.4 is 10.9 Å². The van der Waals surface area contributed by atoms with Gasteiger partial charge in [0.15, 0.2) is 16.7 Å². The average Bonchev–Trinajstić information content (AvgIpc) is 3.54. The Morgan fingerprint density at radius 3 is 2.74 bits per heavy atom. The number of halogens is 1. The molecule has 0 radical (unpaired) electrons. The fourth-order valence-corrected chi connectivity index (χ4v) is 3.87. The molecule has 1 aliphatic rings. The van der Waals surface area contributed by atoms with E-state index in [2.05, 4.69) is 21.0 Å². The van der Waals surface area contributed by atoms with Gasteiger partial charge < -0.3 is 9.15 Å². The number of hydrogen-bond acceptors (Lipinski definition) is 7. The molecule has 4 rings (SSSR count).